The van der Waals surface area contributed by atoms with Crippen LogP contribution in [0.2, 0.25) is 5.02 Å². The Bertz CT molecular complexity index is 913. The summed E-state index contributed by atoms with van der Waals surface area (Å²) in [6, 6.07) is 14.4. The molecule has 0 saturated carbocycles. The van der Waals surface area contributed by atoms with Crippen molar-refractivity contribution < 1.29 is 9.18 Å². The average Bonchev–Trinajstić information content (AvgIpc) is 2.60. The molecule has 2 aromatic carbocycles. The summed E-state index contributed by atoms with van der Waals surface area (Å²) >= 11 is 5.93. The summed E-state index contributed by atoms with van der Waals surface area (Å²) in [5.41, 5.74) is 2.70. The molecule has 0 aliphatic rings. The number of aryl methyl sites for hydroxylation is 1. The third kappa shape index (κ3) is 4.33. The topological polar surface area (TPSA) is 54.0 Å². The highest BCUT2D eigenvalue weighted by atomic mass is 35.5. The van der Waals surface area contributed by atoms with Crippen LogP contribution in [0, 0.1) is 12.7 Å². The van der Waals surface area contributed by atoms with E-state index in [1.54, 1.807) is 42.5 Å². The molecule has 0 spiro atoms. The van der Waals surface area contributed by atoms with Crippen LogP contribution in [0.4, 0.5) is 21.6 Å². The second kappa shape index (κ2) is 7.32. The van der Waals surface area contributed by atoms with E-state index in [-0.39, 0.29) is 11.7 Å². The van der Waals surface area contributed by atoms with Crippen molar-refractivity contribution in [3.05, 3.63) is 82.8 Å². The van der Waals surface area contributed by atoms with Crippen LogP contribution in [0.3, 0.4) is 0 Å². The molecule has 1 heterocycles. The molecule has 0 bridgehead atoms. The lowest BCUT2D eigenvalue weighted by molar-refractivity contribution is 0.102. The van der Waals surface area contributed by atoms with Gasteiger partial charge in [0.2, 0.25) is 0 Å². The Labute approximate surface area is 149 Å². The van der Waals surface area contributed by atoms with Crippen molar-refractivity contribution in [2.75, 3.05) is 10.6 Å². The fourth-order valence-electron chi connectivity index (χ4n) is 2.28. The summed E-state index contributed by atoms with van der Waals surface area (Å²) in [5.74, 6) is -0.0768. The minimum Gasteiger partial charge on any atom is -0.340 e. The van der Waals surface area contributed by atoms with Gasteiger partial charge in [-0.1, -0.05) is 11.6 Å². The predicted molar refractivity (Wildman–Crippen MR) is 98.1 cm³/mol. The van der Waals surface area contributed by atoms with Crippen LogP contribution in [0.25, 0.3) is 0 Å². The van der Waals surface area contributed by atoms with E-state index >= 15 is 0 Å². The lowest BCUT2D eigenvalue weighted by Gasteiger charge is -2.10. The number of aromatic nitrogens is 1. The maximum Gasteiger partial charge on any atom is 0.255 e. The number of halogens is 2. The summed E-state index contributed by atoms with van der Waals surface area (Å²) < 4.78 is 13.0. The fraction of sp³-hybridized carbons (Fsp3) is 0.0526. The number of carbonyl (C=O) groups excluding carboxylic acids is 1. The van der Waals surface area contributed by atoms with Gasteiger partial charge in [0.15, 0.2) is 0 Å². The zero-order valence-corrected chi connectivity index (χ0v) is 14.1. The first kappa shape index (κ1) is 16.9. The van der Waals surface area contributed by atoms with Gasteiger partial charge in [0.05, 0.1) is 0 Å². The van der Waals surface area contributed by atoms with Crippen LogP contribution in [0.1, 0.15) is 15.9 Å². The number of carbonyl (C=O) groups is 1. The molecule has 1 amide bonds. The van der Waals surface area contributed by atoms with E-state index in [2.05, 4.69) is 15.6 Å². The molecule has 0 unspecified atom stereocenters. The van der Waals surface area contributed by atoms with Gasteiger partial charge in [-0.2, -0.15) is 0 Å². The van der Waals surface area contributed by atoms with Crippen molar-refractivity contribution in [1.29, 1.82) is 0 Å². The summed E-state index contributed by atoms with van der Waals surface area (Å²) in [4.78, 5) is 16.6. The molecule has 0 aliphatic heterocycles. The number of hydrogen-bond acceptors (Lipinski definition) is 3. The van der Waals surface area contributed by atoms with Gasteiger partial charge in [0.25, 0.3) is 5.91 Å². The highest BCUT2D eigenvalue weighted by Crippen LogP contribution is 2.21. The van der Waals surface area contributed by atoms with Crippen molar-refractivity contribution in [2.24, 2.45) is 0 Å². The largest absolute Gasteiger partial charge is 0.340 e. The second-order valence-corrected chi connectivity index (χ2v) is 5.91. The van der Waals surface area contributed by atoms with Gasteiger partial charge in [-0.3, -0.25) is 4.79 Å². The quantitative estimate of drug-likeness (QED) is 0.678. The van der Waals surface area contributed by atoms with Crippen molar-refractivity contribution in [3.63, 3.8) is 0 Å². The summed E-state index contributed by atoms with van der Waals surface area (Å²) in [6.07, 6.45) is 1.54. The van der Waals surface area contributed by atoms with Gasteiger partial charge >= 0.3 is 0 Å². The molecule has 6 heteroatoms. The highest BCUT2D eigenvalue weighted by Gasteiger charge is 2.09. The third-order valence-corrected chi connectivity index (χ3v) is 3.81. The van der Waals surface area contributed by atoms with Crippen LogP contribution < -0.4 is 10.6 Å². The second-order valence-electron chi connectivity index (χ2n) is 5.48. The molecule has 25 heavy (non-hydrogen) atoms. The van der Waals surface area contributed by atoms with Crippen LogP contribution in [-0.2, 0) is 0 Å². The molecule has 2 N–H and O–H groups in total. The van der Waals surface area contributed by atoms with Gasteiger partial charge < -0.3 is 10.6 Å². The van der Waals surface area contributed by atoms with Crippen LogP contribution in [-0.4, -0.2) is 10.9 Å². The lowest BCUT2D eigenvalue weighted by atomic mass is 10.2. The monoisotopic (exact) mass is 355 g/mol. The van der Waals surface area contributed by atoms with Gasteiger partial charge in [-0.15, -0.1) is 0 Å². The van der Waals surface area contributed by atoms with E-state index < -0.39 is 0 Å². The summed E-state index contributed by atoms with van der Waals surface area (Å²) in [6.45, 7) is 1.87. The van der Waals surface area contributed by atoms with E-state index in [0.29, 0.717) is 27.8 Å². The molecule has 0 saturated heterocycles. The molecule has 0 atom stereocenters. The zero-order chi connectivity index (χ0) is 17.8. The normalized spacial score (nSPS) is 10.4. The SMILES string of the molecule is Cc1cc(Cl)ccc1NC(=O)c1ccnc(Nc2ccc(F)cc2)c1. The van der Waals surface area contributed by atoms with Crippen molar-refractivity contribution in [2.45, 2.75) is 6.92 Å². The van der Waals surface area contributed by atoms with Crippen LogP contribution in [0.5, 0.6) is 0 Å². The Hall–Kier alpha value is -2.92. The first-order chi connectivity index (χ1) is 12.0. The van der Waals surface area contributed by atoms with Gasteiger partial charge in [-0.25, -0.2) is 9.37 Å². The van der Waals surface area contributed by atoms with E-state index in [0.717, 1.165) is 5.56 Å². The van der Waals surface area contributed by atoms with Crippen LogP contribution in [0.15, 0.2) is 60.8 Å². The molecule has 3 aromatic rings. The summed E-state index contributed by atoms with van der Waals surface area (Å²) in [5, 5.41) is 6.50. The van der Waals surface area contributed by atoms with Crippen LogP contribution >= 0.6 is 11.6 Å². The summed E-state index contributed by atoms with van der Waals surface area (Å²) in [7, 11) is 0. The Morgan fingerprint density at radius 1 is 1.08 bits per heavy atom. The Balaban J connectivity index is 1.76. The van der Waals surface area contributed by atoms with Gasteiger partial charge in [-0.05, 0) is 67.1 Å². The predicted octanol–water partition coefficient (Wildman–Crippen LogP) is 5.18. The van der Waals surface area contributed by atoms with E-state index in [4.69, 9.17) is 11.6 Å². The van der Waals surface area contributed by atoms with E-state index in [1.165, 1.54) is 18.3 Å². The number of pyridine rings is 1. The van der Waals surface area contributed by atoms with Gasteiger partial charge in [0.1, 0.15) is 11.6 Å². The number of benzene rings is 2. The van der Waals surface area contributed by atoms with Crippen molar-refractivity contribution in [3.8, 4) is 0 Å². The highest BCUT2D eigenvalue weighted by molar-refractivity contribution is 6.30. The van der Waals surface area contributed by atoms with Crippen molar-refractivity contribution >= 4 is 34.7 Å². The number of nitrogens with zero attached hydrogens (tertiary/aromatic N) is 1. The Morgan fingerprint density at radius 2 is 1.84 bits per heavy atom. The standard InChI is InChI=1S/C19H15ClFN3O/c1-12-10-14(20)2-7-17(12)24-19(25)13-8-9-22-18(11-13)23-16-5-3-15(21)4-6-16/h2-11H,1H3,(H,22,23)(H,24,25). The molecule has 0 fully saturated rings. The molecular weight excluding hydrogens is 341 g/mol. The molecule has 4 nitrogen and oxygen atoms in total. The molecular formula is C19H15ClFN3O. The molecule has 126 valence electrons. The lowest BCUT2D eigenvalue weighted by Crippen LogP contribution is -2.13. The molecule has 0 aliphatic carbocycles. The minimum atomic E-state index is -0.315. The first-order valence-corrected chi connectivity index (χ1v) is 7.95. The number of anilines is 3. The Morgan fingerprint density at radius 3 is 2.56 bits per heavy atom. The molecule has 1 aromatic heterocycles. The van der Waals surface area contributed by atoms with E-state index in [9.17, 15) is 9.18 Å². The number of nitrogens with one attached hydrogen (secondary N) is 2. The average molecular weight is 356 g/mol. The third-order valence-electron chi connectivity index (χ3n) is 3.58. The number of amides is 1. The Kier molecular flexibility index (Phi) is 4.95. The molecule has 3 rings (SSSR count). The van der Waals surface area contributed by atoms with E-state index in [1.807, 2.05) is 6.92 Å². The maximum absolute atomic E-state index is 13.0. The number of hydrogen-bond donors (Lipinski definition) is 2. The minimum absolute atomic E-state index is 0.255. The molecule has 0 radical (unpaired) electrons. The maximum atomic E-state index is 13.0. The van der Waals surface area contributed by atoms with Gasteiger partial charge in [0, 0.05) is 28.2 Å². The first-order valence-electron chi connectivity index (χ1n) is 7.57. The number of rotatable bonds is 4. The fourth-order valence-corrected chi connectivity index (χ4v) is 2.51. The zero-order valence-electron chi connectivity index (χ0n) is 13.4. The van der Waals surface area contributed by atoms with Crippen molar-refractivity contribution in [1.82, 2.24) is 4.98 Å². The smallest absolute Gasteiger partial charge is 0.255 e.